The number of hydrogen-bond donors (Lipinski definition) is 1. The summed E-state index contributed by atoms with van der Waals surface area (Å²) >= 11 is 12.2. The molecule has 0 aliphatic rings. The van der Waals surface area contributed by atoms with E-state index in [2.05, 4.69) is 14.2 Å². The molecule has 9 nitrogen and oxygen atoms in total. The van der Waals surface area contributed by atoms with Crippen molar-refractivity contribution in [3.05, 3.63) is 40.0 Å². The van der Waals surface area contributed by atoms with E-state index < -0.39 is 16.4 Å². The van der Waals surface area contributed by atoms with Gasteiger partial charge in [0.1, 0.15) is 0 Å². The molecule has 0 aliphatic heterocycles. The zero-order valence-electron chi connectivity index (χ0n) is 12.9. The molecule has 0 fully saturated rings. The van der Waals surface area contributed by atoms with Gasteiger partial charge in [0.2, 0.25) is 11.8 Å². The highest BCUT2D eigenvalue weighted by atomic mass is 35.5. The molecule has 1 aromatic carbocycles. The number of aromatic nitrogens is 2. The molecule has 0 bridgehead atoms. The topological polar surface area (TPSA) is 125 Å². The second kappa shape index (κ2) is 7.40. The van der Waals surface area contributed by atoms with Crippen LogP contribution in [-0.2, 0) is 14.5 Å². The van der Waals surface area contributed by atoms with Crippen LogP contribution < -0.4 is 14.8 Å². The first kappa shape index (κ1) is 19.2. The SMILES string of the molecule is COc1cc(C)nc(N(C(=O)OS(N)(=O)=O)c2c(Cl)cccc2Cl)n1. The molecule has 1 amide bonds. The molecular formula is C13H12Cl2N4O5S. The summed E-state index contributed by atoms with van der Waals surface area (Å²) in [5.41, 5.74) is 0.352. The molecule has 0 unspecified atom stereocenters. The quantitative estimate of drug-likeness (QED) is 0.826. The van der Waals surface area contributed by atoms with E-state index in [1.165, 1.54) is 31.4 Å². The number of hydrogen-bond acceptors (Lipinski definition) is 7. The predicted molar refractivity (Wildman–Crippen MR) is 91.5 cm³/mol. The number of para-hydroxylation sites is 1. The lowest BCUT2D eigenvalue weighted by atomic mass is 10.3. The molecule has 2 rings (SSSR count). The zero-order chi connectivity index (χ0) is 18.8. The lowest BCUT2D eigenvalue weighted by molar-refractivity contribution is 0.212. The minimum atomic E-state index is -4.60. The van der Waals surface area contributed by atoms with Crippen molar-refractivity contribution in [2.45, 2.75) is 6.92 Å². The standard InChI is InChI=1S/C13H12Cl2N4O5S/c1-7-6-10(23-2)18-12(17-7)19(13(20)24-25(16,21)22)11-8(14)4-3-5-9(11)15/h3-6H,1-2H3,(H2,16,21,22). The Bertz CT molecular complexity index is 902. The molecule has 134 valence electrons. The second-order valence-electron chi connectivity index (χ2n) is 4.60. The first-order valence-electron chi connectivity index (χ1n) is 6.52. The number of nitrogens with two attached hydrogens (primary N) is 1. The minimum absolute atomic E-state index is 0.0305. The number of rotatable bonds is 4. The van der Waals surface area contributed by atoms with Crippen LogP contribution in [0.15, 0.2) is 24.3 Å². The number of carbonyl (C=O) groups excluding carboxylic acids is 1. The normalized spacial score (nSPS) is 11.1. The van der Waals surface area contributed by atoms with Gasteiger partial charge in [0.05, 0.1) is 22.8 Å². The van der Waals surface area contributed by atoms with Crippen LogP contribution in [0, 0.1) is 6.92 Å². The summed E-state index contributed by atoms with van der Waals surface area (Å²) in [7, 11) is -3.24. The van der Waals surface area contributed by atoms with E-state index in [0.29, 0.717) is 10.6 Å². The Kier molecular flexibility index (Phi) is 5.68. The molecule has 0 saturated heterocycles. The number of amides is 1. The van der Waals surface area contributed by atoms with Gasteiger partial charge in [-0.1, -0.05) is 29.3 Å². The summed E-state index contributed by atoms with van der Waals surface area (Å²) in [5.74, 6) is -0.139. The van der Waals surface area contributed by atoms with E-state index in [4.69, 9.17) is 33.1 Å². The van der Waals surface area contributed by atoms with Gasteiger partial charge in [-0.2, -0.15) is 18.5 Å². The van der Waals surface area contributed by atoms with E-state index in [-0.39, 0.29) is 27.6 Å². The molecular weight excluding hydrogens is 395 g/mol. The van der Waals surface area contributed by atoms with E-state index in [1.54, 1.807) is 6.92 Å². The van der Waals surface area contributed by atoms with Crippen LogP contribution in [-0.4, -0.2) is 31.6 Å². The summed E-state index contributed by atoms with van der Waals surface area (Å²) in [6, 6.07) is 5.91. The number of benzene rings is 1. The third kappa shape index (κ3) is 4.69. The molecule has 0 spiro atoms. The number of nitrogens with zero attached hydrogens (tertiary/aromatic N) is 3. The first-order chi connectivity index (χ1) is 11.6. The molecule has 1 heterocycles. The Morgan fingerprint density at radius 3 is 2.36 bits per heavy atom. The van der Waals surface area contributed by atoms with Crippen molar-refractivity contribution in [3.8, 4) is 5.88 Å². The predicted octanol–water partition coefficient (Wildman–Crippen LogP) is 2.58. The molecule has 12 heteroatoms. The van der Waals surface area contributed by atoms with Crippen LogP contribution in [0.2, 0.25) is 10.0 Å². The molecule has 1 aromatic heterocycles. The smallest absolute Gasteiger partial charge is 0.438 e. The van der Waals surface area contributed by atoms with Gasteiger partial charge in [-0.05, 0) is 19.1 Å². The van der Waals surface area contributed by atoms with Crippen LogP contribution in [0.25, 0.3) is 0 Å². The highest BCUT2D eigenvalue weighted by molar-refractivity contribution is 7.84. The number of aryl methyl sites for hydroxylation is 1. The van der Waals surface area contributed by atoms with Crippen LogP contribution in [0.1, 0.15) is 5.69 Å². The Morgan fingerprint density at radius 1 is 1.24 bits per heavy atom. The maximum Gasteiger partial charge on any atom is 0.438 e. The number of carbonyl (C=O) groups is 1. The van der Waals surface area contributed by atoms with Gasteiger partial charge in [0.25, 0.3) is 0 Å². The molecule has 0 saturated carbocycles. The lowest BCUT2D eigenvalue weighted by Crippen LogP contribution is -2.33. The summed E-state index contributed by atoms with van der Waals surface area (Å²) in [6.07, 6.45) is -1.41. The maximum atomic E-state index is 12.4. The fraction of sp³-hybridized carbons (Fsp3) is 0.154. The Morgan fingerprint density at radius 2 is 1.84 bits per heavy atom. The second-order valence-corrected chi connectivity index (χ2v) is 6.57. The average Bonchev–Trinajstić information content (AvgIpc) is 2.48. The zero-order valence-corrected chi connectivity index (χ0v) is 15.3. The van der Waals surface area contributed by atoms with Crippen molar-refractivity contribution in [2.24, 2.45) is 5.14 Å². The molecule has 0 atom stereocenters. The van der Waals surface area contributed by atoms with E-state index in [0.717, 1.165) is 0 Å². The monoisotopic (exact) mass is 406 g/mol. The van der Waals surface area contributed by atoms with Gasteiger partial charge >= 0.3 is 16.4 Å². The van der Waals surface area contributed by atoms with Crippen molar-refractivity contribution < 1.29 is 22.1 Å². The van der Waals surface area contributed by atoms with Gasteiger partial charge in [-0.3, -0.25) is 0 Å². The first-order valence-corrected chi connectivity index (χ1v) is 8.75. The van der Waals surface area contributed by atoms with Gasteiger partial charge in [0.15, 0.2) is 0 Å². The summed E-state index contributed by atoms with van der Waals surface area (Å²) in [5, 5.41) is 4.82. The molecule has 2 aromatic rings. The highest BCUT2D eigenvalue weighted by Gasteiger charge is 2.30. The number of halogens is 2. The Balaban J connectivity index is 2.69. The number of methoxy groups -OCH3 is 1. The summed E-state index contributed by atoms with van der Waals surface area (Å²) in [6.45, 7) is 1.62. The van der Waals surface area contributed by atoms with E-state index in [9.17, 15) is 13.2 Å². The lowest BCUT2D eigenvalue weighted by Gasteiger charge is -2.22. The average molecular weight is 407 g/mol. The van der Waals surface area contributed by atoms with Gasteiger partial charge in [0, 0.05) is 11.8 Å². The van der Waals surface area contributed by atoms with E-state index >= 15 is 0 Å². The van der Waals surface area contributed by atoms with Crippen molar-refractivity contribution in [1.82, 2.24) is 9.97 Å². The fourth-order valence-electron chi connectivity index (χ4n) is 1.84. The fourth-order valence-corrected chi connectivity index (χ4v) is 2.68. The van der Waals surface area contributed by atoms with Crippen LogP contribution in [0.3, 0.4) is 0 Å². The van der Waals surface area contributed by atoms with Crippen LogP contribution >= 0.6 is 23.2 Å². The van der Waals surface area contributed by atoms with Crippen molar-refractivity contribution >= 4 is 51.2 Å². The molecule has 0 radical (unpaired) electrons. The highest BCUT2D eigenvalue weighted by Crippen LogP contribution is 2.37. The van der Waals surface area contributed by atoms with Crippen molar-refractivity contribution in [1.29, 1.82) is 0 Å². The minimum Gasteiger partial charge on any atom is -0.481 e. The molecule has 2 N–H and O–H groups in total. The van der Waals surface area contributed by atoms with Crippen LogP contribution in [0.4, 0.5) is 16.4 Å². The maximum absolute atomic E-state index is 12.4. The Labute approximate surface area is 153 Å². The third-order valence-corrected chi connectivity index (χ3v) is 3.74. The largest absolute Gasteiger partial charge is 0.481 e. The number of ether oxygens (including phenoxy) is 1. The summed E-state index contributed by atoms with van der Waals surface area (Å²) < 4.78 is 31.5. The van der Waals surface area contributed by atoms with Gasteiger partial charge in [-0.15, -0.1) is 0 Å². The molecule has 25 heavy (non-hydrogen) atoms. The number of anilines is 2. The molecule has 0 aliphatic carbocycles. The van der Waals surface area contributed by atoms with Crippen LogP contribution in [0.5, 0.6) is 5.88 Å². The van der Waals surface area contributed by atoms with Crippen molar-refractivity contribution in [3.63, 3.8) is 0 Å². The van der Waals surface area contributed by atoms with Gasteiger partial charge in [-0.25, -0.2) is 14.7 Å². The Hall–Kier alpha value is -2.14. The van der Waals surface area contributed by atoms with Crippen molar-refractivity contribution in [2.75, 3.05) is 12.0 Å². The third-order valence-electron chi connectivity index (χ3n) is 2.76. The summed E-state index contributed by atoms with van der Waals surface area (Å²) in [4.78, 5) is 21.1. The van der Waals surface area contributed by atoms with Gasteiger partial charge < -0.3 is 8.92 Å². The van der Waals surface area contributed by atoms with E-state index in [1.807, 2.05) is 0 Å².